The van der Waals surface area contributed by atoms with E-state index in [9.17, 15) is 33.6 Å². The third kappa shape index (κ3) is 10.1. The maximum Gasteiger partial charge on any atom is 0.276 e. The molecule has 0 spiro atoms. The number of hydrogen-bond acceptors (Lipinski definition) is 14. The molecular weight excluding hydrogens is 869 g/mol. The summed E-state index contributed by atoms with van der Waals surface area (Å²) in [7, 11) is 3.02. The Morgan fingerprint density at radius 3 is 1.97 bits per heavy atom. The molecule has 0 saturated heterocycles. The Morgan fingerprint density at radius 2 is 1.40 bits per heavy atom. The second-order valence-corrected chi connectivity index (χ2v) is 15.1. The number of hydrogen-bond donors (Lipinski definition) is 4. The van der Waals surface area contributed by atoms with Crippen molar-refractivity contribution in [1.29, 1.82) is 0 Å². The van der Waals surface area contributed by atoms with Crippen LogP contribution in [0.15, 0.2) is 73.1 Å². The third-order valence-electron chi connectivity index (χ3n) is 10.6. The summed E-state index contributed by atoms with van der Waals surface area (Å²) in [5.41, 5.74) is 14.2. The molecule has 6 aromatic rings. The number of methoxy groups -OCH3 is 1. The van der Waals surface area contributed by atoms with E-state index in [4.69, 9.17) is 20.9 Å². The maximum atomic E-state index is 13.7. The molecule has 23 heteroatoms. The number of carbonyl (C=O) groups excluding carboxylic acids is 7. The number of rotatable bonds is 20. The molecule has 2 aromatic carbocycles. The van der Waals surface area contributed by atoms with Gasteiger partial charge in [-0.3, -0.25) is 53.8 Å². The van der Waals surface area contributed by atoms with Crippen molar-refractivity contribution < 1.29 is 43.0 Å². The minimum Gasteiger partial charge on any atom is -0.494 e. The zero-order valence-corrected chi connectivity index (χ0v) is 36.9. The second-order valence-electron chi connectivity index (χ2n) is 15.1. The van der Waals surface area contributed by atoms with E-state index >= 15 is 0 Å². The molecule has 1 aliphatic rings. The lowest BCUT2D eigenvalue weighted by Gasteiger charge is -2.19. The molecule has 6 N–H and O–H groups in total. The first kappa shape index (κ1) is 46.2. The van der Waals surface area contributed by atoms with Crippen molar-refractivity contribution in [3.8, 4) is 11.5 Å². The fourth-order valence-electron chi connectivity index (χ4n) is 7.31. The molecule has 7 rings (SSSR count). The number of carbonyl (C=O) groups is 7. The number of imidazole rings is 2. The van der Waals surface area contributed by atoms with Crippen molar-refractivity contribution in [2.75, 3.05) is 44.5 Å². The van der Waals surface area contributed by atoms with Crippen molar-refractivity contribution >= 4 is 75.3 Å². The Balaban J connectivity index is 1.18. The number of aromatic nitrogens is 8. The van der Waals surface area contributed by atoms with Gasteiger partial charge in [0.1, 0.15) is 28.2 Å². The quantitative estimate of drug-likeness (QED) is 0.0485. The zero-order chi connectivity index (χ0) is 47.9. The zero-order valence-electron chi connectivity index (χ0n) is 36.9. The summed E-state index contributed by atoms with van der Waals surface area (Å²) in [5.74, 6) is -3.03. The second kappa shape index (κ2) is 20.0. The van der Waals surface area contributed by atoms with E-state index < -0.39 is 35.4 Å². The van der Waals surface area contributed by atoms with Crippen molar-refractivity contribution in [3.05, 3.63) is 101 Å². The van der Waals surface area contributed by atoms with E-state index in [0.29, 0.717) is 40.9 Å². The van der Waals surface area contributed by atoms with Crippen LogP contribution in [0.25, 0.3) is 22.1 Å². The van der Waals surface area contributed by atoms with Gasteiger partial charge in [-0.15, -0.1) is 0 Å². The fraction of sp³-hybridized carbons (Fsp3) is 0.273. The number of nitrogens with two attached hydrogens (primary N) is 2. The number of amides is 7. The van der Waals surface area contributed by atoms with Gasteiger partial charge in [0.2, 0.25) is 29.6 Å². The largest absolute Gasteiger partial charge is 0.494 e. The molecule has 67 heavy (non-hydrogen) atoms. The Kier molecular flexibility index (Phi) is 13.8. The molecule has 4 aromatic heterocycles. The van der Waals surface area contributed by atoms with E-state index in [0.717, 1.165) is 17.1 Å². The molecule has 5 heterocycles. The number of fused-ring (bicyclic) bond motifs is 2. The third-order valence-corrected chi connectivity index (χ3v) is 10.6. The fourth-order valence-corrected chi connectivity index (χ4v) is 7.31. The van der Waals surface area contributed by atoms with Gasteiger partial charge in [0, 0.05) is 69.5 Å². The Labute approximate surface area is 381 Å². The van der Waals surface area contributed by atoms with E-state index in [-0.39, 0.29) is 90.7 Å². The van der Waals surface area contributed by atoms with Gasteiger partial charge in [-0.1, -0.05) is 12.2 Å². The predicted molar refractivity (Wildman–Crippen MR) is 241 cm³/mol. The van der Waals surface area contributed by atoms with Crippen LogP contribution in [0, 0.1) is 6.92 Å². The molecule has 23 nitrogen and oxygen atoms in total. The van der Waals surface area contributed by atoms with Crippen molar-refractivity contribution in [2.45, 2.75) is 46.3 Å². The topological polar surface area (TPSA) is 300 Å². The van der Waals surface area contributed by atoms with Crippen molar-refractivity contribution in [3.63, 3.8) is 0 Å². The number of allylic oxidation sites excluding steroid dienone is 2. The highest BCUT2D eigenvalue weighted by Crippen LogP contribution is 2.33. The average Bonchev–Trinajstić information content (AvgIpc) is 4.07. The van der Waals surface area contributed by atoms with Crippen LogP contribution in [0.2, 0.25) is 0 Å². The molecule has 0 aliphatic carbocycles. The van der Waals surface area contributed by atoms with Crippen LogP contribution in [-0.4, -0.2) is 124 Å². The minimum atomic E-state index is -0.756. The van der Waals surface area contributed by atoms with Crippen LogP contribution in [0.3, 0.4) is 0 Å². The summed E-state index contributed by atoms with van der Waals surface area (Å²) in [5, 5.41) is 17.6. The number of imide groups is 1. The molecular formula is C44H46N14O9. The number of ether oxygens (including phenoxy) is 2. The molecule has 0 radical (unpaired) electrons. The van der Waals surface area contributed by atoms with Gasteiger partial charge in [0.05, 0.1) is 48.4 Å². The highest BCUT2D eigenvalue weighted by Gasteiger charge is 2.26. The standard InChI is InChI=1S/C44H46N14O9/c1-5-58-31(19-25(2)53-58)42(65)52-44-49-29-20-27(39(45)62)22-32(66-4)37(29)56(44)15-6-7-16-57-38-30(50-43(57)51-41(64)26-11-13-47-48-24-26)21-28(40(46)63)23-33(38)67-18-8-14-54(3)34(59)12-17-55-35(60)9-10-36(55)61/h6-7,9-11,13,19-24H,5,8,12,14-18H2,1-4H3,(H2,45,62)(H2,46,63)(H,49,52,65)(H,50,51,64)/b7-6+. The normalized spacial score (nSPS) is 12.4. The molecule has 0 bridgehead atoms. The molecule has 1 aliphatic heterocycles. The first-order chi connectivity index (χ1) is 32.2. The molecule has 7 amide bonds. The van der Waals surface area contributed by atoms with Crippen molar-refractivity contribution in [1.82, 2.24) is 48.9 Å². The lowest BCUT2D eigenvalue weighted by atomic mass is 10.1. The monoisotopic (exact) mass is 914 g/mol. The van der Waals surface area contributed by atoms with Crippen LogP contribution in [-0.2, 0) is 34.0 Å². The smallest absolute Gasteiger partial charge is 0.276 e. The average molecular weight is 915 g/mol. The summed E-state index contributed by atoms with van der Waals surface area (Å²) in [4.78, 5) is 100. The predicted octanol–water partition coefficient (Wildman–Crippen LogP) is 2.21. The van der Waals surface area contributed by atoms with Gasteiger partial charge in [-0.25, -0.2) is 9.97 Å². The van der Waals surface area contributed by atoms with Gasteiger partial charge >= 0.3 is 0 Å². The van der Waals surface area contributed by atoms with Crippen LogP contribution >= 0.6 is 0 Å². The summed E-state index contributed by atoms with van der Waals surface area (Å²) in [6.07, 6.45) is 8.80. The number of nitrogens with one attached hydrogen (secondary N) is 2. The summed E-state index contributed by atoms with van der Waals surface area (Å²) in [6, 6.07) is 9.04. The van der Waals surface area contributed by atoms with Gasteiger partial charge in [0.25, 0.3) is 23.6 Å². The lowest BCUT2D eigenvalue weighted by Crippen LogP contribution is -2.36. The summed E-state index contributed by atoms with van der Waals surface area (Å²) in [6.45, 7) is 4.51. The van der Waals surface area contributed by atoms with E-state index in [2.05, 4.69) is 35.9 Å². The number of nitrogens with zero attached hydrogens (tertiary/aromatic N) is 10. The van der Waals surface area contributed by atoms with Crippen LogP contribution in [0.1, 0.15) is 67.0 Å². The summed E-state index contributed by atoms with van der Waals surface area (Å²) < 4.78 is 16.8. The van der Waals surface area contributed by atoms with Gasteiger partial charge in [0.15, 0.2) is 0 Å². The lowest BCUT2D eigenvalue weighted by molar-refractivity contribution is -0.138. The van der Waals surface area contributed by atoms with E-state index in [1.54, 1.807) is 46.0 Å². The van der Waals surface area contributed by atoms with E-state index in [1.807, 2.05) is 6.92 Å². The Morgan fingerprint density at radius 1 is 0.806 bits per heavy atom. The summed E-state index contributed by atoms with van der Waals surface area (Å²) >= 11 is 0. The molecule has 0 fully saturated rings. The molecule has 0 atom stereocenters. The Bertz CT molecular complexity index is 2990. The molecule has 0 unspecified atom stereocenters. The highest BCUT2D eigenvalue weighted by atomic mass is 16.5. The number of anilines is 2. The highest BCUT2D eigenvalue weighted by molar-refractivity contribution is 6.13. The Hall–Kier alpha value is -8.76. The van der Waals surface area contributed by atoms with Crippen molar-refractivity contribution in [2.24, 2.45) is 11.5 Å². The number of primary amides is 2. The minimum absolute atomic E-state index is 0.0498. The number of aryl methyl sites for hydroxylation is 2. The maximum absolute atomic E-state index is 13.7. The molecule has 0 saturated carbocycles. The van der Waals surface area contributed by atoms with E-state index in [1.165, 1.54) is 54.7 Å². The van der Waals surface area contributed by atoms with Crippen LogP contribution < -0.4 is 31.6 Å². The van der Waals surface area contributed by atoms with Crippen LogP contribution in [0.5, 0.6) is 11.5 Å². The van der Waals surface area contributed by atoms with Gasteiger partial charge in [-0.05, 0) is 56.7 Å². The van der Waals surface area contributed by atoms with Gasteiger partial charge < -0.3 is 35.0 Å². The SMILES string of the molecule is CCn1nc(C)cc1C(=O)Nc1nc2cc(C(N)=O)cc(OC)c2n1C/C=C/Cn1c(NC(=O)c2ccnnc2)nc2cc(C(N)=O)cc(OCCCN(C)C(=O)CCN3C(=O)C=CC3=O)c21. The molecule has 346 valence electrons. The number of benzene rings is 2. The van der Waals surface area contributed by atoms with Crippen LogP contribution in [0.4, 0.5) is 11.9 Å². The van der Waals surface area contributed by atoms with Gasteiger partial charge in [-0.2, -0.15) is 15.3 Å². The first-order valence-electron chi connectivity index (χ1n) is 20.9. The first-order valence-corrected chi connectivity index (χ1v) is 20.9.